The van der Waals surface area contributed by atoms with Crippen molar-refractivity contribution in [2.45, 2.75) is 38.6 Å². The van der Waals surface area contributed by atoms with Crippen LogP contribution < -0.4 is 21.1 Å². The highest BCUT2D eigenvalue weighted by molar-refractivity contribution is 5.76. The van der Waals surface area contributed by atoms with Crippen LogP contribution in [-0.4, -0.2) is 40.7 Å². The van der Waals surface area contributed by atoms with Gasteiger partial charge < -0.3 is 15.5 Å². The Morgan fingerprint density at radius 2 is 1.83 bits per heavy atom. The molecule has 2 aliphatic rings. The molecule has 0 radical (unpaired) electrons. The average Bonchev–Trinajstić information content (AvgIpc) is 3.30. The summed E-state index contributed by atoms with van der Waals surface area (Å²) in [6.45, 7) is 5.97. The lowest BCUT2D eigenvalue weighted by Gasteiger charge is -2.29. The summed E-state index contributed by atoms with van der Waals surface area (Å²) < 4.78 is 1.90. The van der Waals surface area contributed by atoms with Gasteiger partial charge in [0.15, 0.2) is 0 Å². The summed E-state index contributed by atoms with van der Waals surface area (Å²) in [5.74, 6) is 0.521. The van der Waals surface area contributed by atoms with Crippen LogP contribution in [0, 0.1) is 6.92 Å². The average molecular weight is 405 g/mol. The van der Waals surface area contributed by atoms with Gasteiger partial charge in [-0.25, -0.2) is 4.98 Å². The van der Waals surface area contributed by atoms with Crippen molar-refractivity contribution >= 4 is 28.4 Å². The molecule has 0 bridgehead atoms. The molecule has 2 fully saturated rings. The molecule has 1 aromatic carbocycles. The quantitative estimate of drug-likeness (QED) is 0.695. The second kappa shape index (κ2) is 8.07. The number of rotatable bonds is 4. The van der Waals surface area contributed by atoms with Crippen molar-refractivity contribution in [2.75, 3.05) is 36.4 Å². The molecule has 1 saturated heterocycles. The van der Waals surface area contributed by atoms with Crippen molar-refractivity contribution in [1.29, 1.82) is 0 Å². The topological polar surface area (TPSA) is 75.1 Å². The van der Waals surface area contributed by atoms with E-state index < -0.39 is 0 Å². The highest BCUT2D eigenvalue weighted by Crippen LogP contribution is 2.31. The Bertz CT molecular complexity index is 1100. The molecule has 1 saturated carbocycles. The van der Waals surface area contributed by atoms with Gasteiger partial charge in [0.25, 0.3) is 5.56 Å². The van der Waals surface area contributed by atoms with Gasteiger partial charge in [0, 0.05) is 60.7 Å². The number of aromatic nitrogens is 3. The molecule has 7 heteroatoms. The van der Waals surface area contributed by atoms with E-state index in [1.807, 2.05) is 23.8 Å². The van der Waals surface area contributed by atoms with E-state index >= 15 is 0 Å². The first-order valence-corrected chi connectivity index (χ1v) is 10.9. The van der Waals surface area contributed by atoms with E-state index in [1.54, 1.807) is 0 Å². The molecule has 0 atom stereocenters. The second-order valence-corrected chi connectivity index (χ2v) is 8.32. The van der Waals surface area contributed by atoms with Crippen LogP contribution in [0.3, 0.4) is 0 Å². The Kier molecular flexibility index (Phi) is 5.12. The molecule has 156 valence electrons. The Morgan fingerprint density at radius 3 is 2.57 bits per heavy atom. The lowest BCUT2D eigenvalue weighted by atomic mass is 10.2. The largest absolute Gasteiger partial charge is 0.369 e. The number of benzene rings is 1. The second-order valence-electron chi connectivity index (χ2n) is 8.32. The zero-order chi connectivity index (χ0) is 20.5. The first-order valence-electron chi connectivity index (χ1n) is 10.9. The Morgan fingerprint density at radius 1 is 1.10 bits per heavy atom. The van der Waals surface area contributed by atoms with Crippen LogP contribution in [0.25, 0.3) is 11.0 Å². The number of nitrogens with zero attached hydrogens (tertiary/aromatic N) is 4. The Labute approximate surface area is 176 Å². The number of fused-ring (bicyclic) bond motifs is 1. The summed E-state index contributed by atoms with van der Waals surface area (Å²) >= 11 is 0. The smallest absolute Gasteiger partial charge is 0.255 e. The monoisotopic (exact) mass is 404 g/mol. The van der Waals surface area contributed by atoms with E-state index in [1.165, 1.54) is 18.5 Å². The van der Waals surface area contributed by atoms with Crippen LogP contribution in [0.2, 0.25) is 0 Å². The first kappa shape index (κ1) is 19.1. The molecular weight excluding hydrogens is 376 g/mol. The number of piperazine rings is 1. The van der Waals surface area contributed by atoms with E-state index in [0.29, 0.717) is 5.95 Å². The SMILES string of the molecule is Cc1cc2cnc(Nc3ccc(N4CCNCC4)cc3)nc2n(C2CCCC2)c1=O. The van der Waals surface area contributed by atoms with E-state index in [0.717, 1.165) is 61.3 Å². The molecule has 7 nitrogen and oxygen atoms in total. The highest BCUT2D eigenvalue weighted by Gasteiger charge is 2.22. The van der Waals surface area contributed by atoms with Gasteiger partial charge in [-0.15, -0.1) is 0 Å². The number of nitrogens with one attached hydrogen (secondary N) is 2. The number of hydrogen-bond donors (Lipinski definition) is 2. The maximum absolute atomic E-state index is 12.9. The van der Waals surface area contributed by atoms with E-state index in [4.69, 9.17) is 4.98 Å². The van der Waals surface area contributed by atoms with Crippen LogP contribution >= 0.6 is 0 Å². The van der Waals surface area contributed by atoms with Crippen molar-refractivity contribution in [3.8, 4) is 0 Å². The van der Waals surface area contributed by atoms with Gasteiger partial charge in [0.2, 0.25) is 5.95 Å². The van der Waals surface area contributed by atoms with Gasteiger partial charge in [-0.05, 0) is 50.1 Å². The number of anilines is 3. The van der Waals surface area contributed by atoms with Gasteiger partial charge in [0.05, 0.1) is 0 Å². The number of aryl methyl sites for hydroxylation is 1. The maximum atomic E-state index is 12.9. The molecule has 2 N–H and O–H groups in total. The predicted molar refractivity (Wildman–Crippen MR) is 121 cm³/mol. The Balaban J connectivity index is 1.44. The van der Waals surface area contributed by atoms with E-state index in [-0.39, 0.29) is 11.6 Å². The van der Waals surface area contributed by atoms with Crippen LogP contribution in [0.15, 0.2) is 41.3 Å². The first-order chi connectivity index (χ1) is 14.7. The van der Waals surface area contributed by atoms with Crippen LogP contribution in [0.5, 0.6) is 0 Å². The molecule has 0 spiro atoms. The molecule has 3 heterocycles. The summed E-state index contributed by atoms with van der Waals surface area (Å²) in [5.41, 5.74) is 3.72. The lowest BCUT2D eigenvalue weighted by Crippen LogP contribution is -2.43. The van der Waals surface area contributed by atoms with Gasteiger partial charge in [-0.3, -0.25) is 9.36 Å². The van der Waals surface area contributed by atoms with Crippen LogP contribution in [-0.2, 0) is 0 Å². The minimum Gasteiger partial charge on any atom is -0.369 e. The van der Waals surface area contributed by atoms with Gasteiger partial charge in [-0.2, -0.15) is 4.98 Å². The van der Waals surface area contributed by atoms with E-state index in [9.17, 15) is 4.79 Å². The fraction of sp³-hybridized carbons (Fsp3) is 0.435. The summed E-state index contributed by atoms with van der Waals surface area (Å²) in [5, 5.41) is 7.61. The molecule has 5 rings (SSSR count). The number of pyridine rings is 1. The third-order valence-corrected chi connectivity index (χ3v) is 6.25. The van der Waals surface area contributed by atoms with Crippen LogP contribution in [0.4, 0.5) is 17.3 Å². The molecule has 2 aromatic heterocycles. The maximum Gasteiger partial charge on any atom is 0.255 e. The normalized spacial score (nSPS) is 17.6. The molecule has 1 aliphatic carbocycles. The molecule has 0 unspecified atom stereocenters. The third-order valence-electron chi connectivity index (χ3n) is 6.25. The predicted octanol–water partition coefficient (Wildman–Crippen LogP) is 3.37. The van der Waals surface area contributed by atoms with Crippen molar-refractivity contribution in [1.82, 2.24) is 19.9 Å². The lowest BCUT2D eigenvalue weighted by molar-refractivity contribution is 0.514. The summed E-state index contributed by atoms with van der Waals surface area (Å²) in [7, 11) is 0. The van der Waals surface area contributed by atoms with Gasteiger partial charge >= 0.3 is 0 Å². The zero-order valence-electron chi connectivity index (χ0n) is 17.4. The Hall–Kier alpha value is -2.93. The zero-order valence-corrected chi connectivity index (χ0v) is 17.4. The standard InChI is InChI=1S/C23H28N6O/c1-16-14-17-15-25-23(27-21(17)29(22(16)30)20-4-2-3-5-20)26-18-6-8-19(9-7-18)28-12-10-24-11-13-28/h6-9,14-15,20,24H,2-5,10-13H2,1H3,(H,25,26,27). The summed E-state index contributed by atoms with van der Waals surface area (Å²) in [6, 6.07) is 10.5. The van der Waals surface area contributed by atoms with Gasteiger partial charge in [0.1, 0.15) is 5.65 Å². The molecule has 1 aliphatic heterocycles. The van der Waals surface area contributed by atoms with Crippen molar-refractivity contribution < 1.29 is 0 Å². The minimum absolute atomic E-state index is 0.0689. The van der Waals surface area contributed by atoms with Crippen molar-refractivity contribution in [3.05, 3.63) is 52.4 Å². The van der Waals surface area contributed by atoms with E-state index in [2.05, 4.69) is 44.8 Å². The molecule has 0 amide bonds. The highest BCUT2D eigenvalue weighted by atomic mass is 16.1. The number of hydrogen-bond acceptors (Lipinski definition) is 6. The van der Waals surface area contributed by atoms with Crippen LogP contribution in [0.1, 0.15) is 37.3 Å². The van der Waals surface area contributed by atoms with Gasteiger partial charge in [-0.1, -0.05) is 12.8 Å². The fourth-order valence-electron chi connectivity index (χ4n) is 4.63. The van der Waals surface area contributed by atoms with Crippen molar-refractivity contribution in [2.24, 2.45) is 0 Å². The fourth-order valence-corrected chi connectivity index (χ4v) is 4.63. The third kappa shape index (κ3) is 3.65. The molecule has 30 heavy (non-hydrogen) atoms. The summed E-state index contributed by atoms with van der Waals surface area (Å²) in [4.78, 5) is 24.5. The summed E-state index contributed by atoms with van der Waals surface area (Å²) in [6.07, 6.45) is 6.24. The molecule has 3 aromatic rings. The van der Waals surface area contributed by atoms with Crippen molar-refractivity contribution in [3.63, 3.8) is 0 Å². The minimum atomic E-state index is 0.0689. The molecular formula is C23H28N6O.